The highest BCUT2D eigenvalue weighted by molar-refractivity contribution is 7.09. The first-order valence-corrected chi connectivity index (χ1v) is 8.05. The molecule has 2 aromatic rings. The number of ether oxygens (including phenoxy) is 1. The lowest BCUT2D eigenvalue weighted by Gasteiger charge is -2.13. The Morgan fingerprint density at radius 1 is 1.40 bits per heavy atom. The molecule has 2 heterocycles. The molecule has 3 rings (SSSR count). The van der Waals surface area contributed by atoms with E-state index in [4.69, 9.17) is 4.74 Å². The molecule has 0 bridgehead atoms. The molecule has 1 saturated heterocycles. The van der Waals surface area contributed by atoms with E-state index in [1.165, 1.54) is 5.56 Å². The van der Waals surface area contributed by atoms with Crippen molar-refractivity contribution in [3.05, 3.63) is 52.0 Å². The van der Waals surface area contributed by atoms with E-state index < -0.39 is 0 Å². The van der Waals surface area contributed by atoms with Gasteiger partial charge in [-0.2, -0.15) is 0 Å². The van der Waals surface area contributed by atoms with E-state index in [1.807, 2.05) is 6.07 Å². The van der Waals surface area contributed by atoms with Crippen molar-refractivity contribution in [3.63, 3.8) is 0 Å². The van der Waals surface area contributed by atoms with Crippen LogP contribution in [0.4, 0.5) is 0 Å². The van der Waals surface area contributed by atoms with Gasteiger partial charge in [0.15, 0.2) is 0 Å². The molecule has 0 saturated carbocycles. The Morgan fingerprint density at radius 2 is 2.25 bits per heavy atom. The van der Waals surface area contributed by atoms with Gasteiger partial charge in [-0.25, -0.2) is 4.98 Å². The SMILES string of the molecule is C[C@@H](NCc1csc([C@H]2CCCO2)n1)c1ccccc1. The summed E-state index contributed by atoms with van der Waals surface area (Å²) in [4.78, 5) is 4.69. The molecule has 106 valence electrons. The van der Waals surface area contributed by atoms with E-state index >= 15 is 0 Å². The molecule has 2 atom stereocenters. The maximum Gasteiger partial charge on any atom is 0.122 e. The second kappa shape index (κ2) is 6.48. The number of nitrogens with one attached hydrogen (secondary N) is 1. The minimum atomic E-state index is 0.236. The number of aromatic nitrogens is 1. The van der Waals surface area contributed by atoms with Gasteiger partial charge in [0.05, 0.1) is 5.69 Å². The van der Waals surface area contributed by atoms with Crippen LogP contribution in [0.5, 0.6) is 0 Å². The number of hydrogen-bond acceptors (Lipinski definition) is 4. The average Bonchev–Trinajstić information content (AvgIpc) is 3.16. The molecule has 0 unspecified atom stereocenters. The molecule has 3 nitrogen and oxygen atoms in total. The number of nitrogens with zero attached hydrogens (tertiary/aromatic N) is 1. The summed E-state index contributed by atoms with van der Waals surface area (Å²) in [6, 6.07) is 10.8. The van der Waals surface area contributed by atoms with Gasteiger partial charge < -0.3 is 10.1 Å². The molecule has 1 aliphatic heterocycles. The quantitative estimate of drug-likeness (QED) is 0.907. The summed E-state index contributed by atoms with van der Waals surface area (Å²) in [5, 5.41) is 6.79. The van der Waals surface area contributed by atoms with Crippen LogP contribution in [0, 0.1) is 0 Å². The predicted molar refractivity (Wildman–Crippen MR) is 81.7 cm³/mol. The molecular formula is C16H20N2OS. The zero-order chi connectivity index (χ0) is 13.8. The summed E-state index contributed by atoms with van der Waals surface area (Å²) < 4.78 is 5.67. The lowest BCUT2D eigenvalue weighted by molar-refractivity contribution is 0.111. The van der Waals surface area contributed by atoms with E-state index in [0.29, 0.717) is 6.04 Å². The molecule has 1 aromatic heterocycles. The molecule has 1 fully saturated rings. The summed E-state index contributed by atoms with van der Waals surface area (Å²) in [6.07, 6.45) is 2.50. The number of thiazole rings is 1. The number of rotatable bonds is 5. The van der Waals surface area contributed by atoms with Crippen LogP contribution in [0.25, 0.3) is 0 Å². The van der Waals surface area contributed by atoms with Gasteiger partial charge in [0.25, 0.3) is 0 Å². The summed E-state index contributed by atoms with van der Waals surface area (Å²) in [5.41, 5.74) is 2.42. The van der Waals surface area contributed by atoms with Crippen LogP contribution in [-0.2, 0) is 11.3 Å². The highest BCUT2D eigenvalue weighted by atomic mass is 32.1. The molecule has 0 radical (unpaired) electrons. The normalized spacial score (nSPS) is 20.1. The summed E-state index contributed by atoms with van der Waals surface area (Å²) in [5.74, 6) is 0. The third kappa shape index (κ3) is 3.26. The van der Waals surface area contributed by atoms with Gasteiger partial charge in [-0.05, 0) is 25.3 Å². The monoisotopic (exact) mass is 288 g/mol. The van der Waals surface area contributed by atoms with Crippen LogP contribution >= 0.6 is 11.3 Å². The molecule has 20 heavy (non-hydrogen) atoms. The molecule has 1 aromatic carbocycles. The van der Waals surface area contributed by atoms with E-state index in [2.05, 4.69) is 46.9 Å². The van der Waals surface area contributed by atoms with E-state index in [9.17, 15) is 0 Å². The molecular weight excluding hydrogens is 268 g/mol. The van der Waals surface area contributed by atoms with E-state index in [1.54, 1.807) is 11.3 Å². The fourth-order valence-electron chi connectivity index (χ4n) is 2.44. The summed E-state index contributed by atoms with van der Waals surface area (Å²) in [7, 11) is 0. The Balaban J connectivity index is 1.56. The second-order valence-corrected chi connectivity index (χ2v) is 6.08. The molecule has 1 aliphatic rings. The van der Waals surface area contributed by atoms with Gasteiger partial charge in [0.1, 0.15) is 11.1 Å². The van der Waals surface area contributed by atoms with Crippen LogP contribution < -0.4 is 5.32 Å². The van der Waals surface area contributed by atoms with Crippen molar-refractivity contribution in [1.82, 2.24) is 10.3 Å². The van der Waals surface area contributed by atoms with Crippen LogP contribution in [0.1, 0.15) is 48.2 Å². The largest absolute Gasteiger partial charge is 0.371 e. The van der Waals surface area contributed by atoms with Crippen LogP contribution in [0.15, 0.2) is 35.7 Å². The molecule has 1 N–H and O–H groups in total. The Morgan fingerprint density at radius 3 is 3.00 bits per heavy atom. The minimum absolute atomic E-state index is 0.236. The third-order valence-corrected chi connectivity index (χ3v) is 4.65. The maximum atomic E-state index is 5.67. The first-order valence-electron chi connectivity index (χ1n) is 7.17. The fourth-order valence-corrected chi connectivity index (χ4v) is 3.34. The Bertz CT molecular complexity index is 534. The summed E-state index contributed by atoms with van der Waals surface area (Å²) >= 11 is 1.72. The maximum absolute atomic E-state index is 5.67. The standard InChI is InChI=1S/C16H20N2OS/c1-12(13-6-3-2-4-7-13)17-10-14-11-20-16(18-14)15-8-5-9-19-15/h2-4,6-7,11-12,15,17H,5,8-10H2,1H3/t12-,15-/m1/s1. The second-order valence-electron chi connectivity index (χ2n) is 5.19. The molecule has 4 heteroatoms. The van der Waals surface area contributed by atoms with Gasteiger partial charge >= 0.3 is 0 Å². The van der Waals surface area contributed by atoms with Gasteiger partial charge in [0, 0.05) is 24.6 Å². The van der Waals surface area contributed by atoms with Crippen LogP contribution in [0.3, 0.4) is 0 Å². The van der Waals surface area contributed by atoms with Gasteiger partial charge in [-0.1, -0.05) is 30.3 Å². The average molecular weight is 288 g/mol. The molecule has 0 spiro atoms. The van der Waals surface area contributed by atoms with Crippen molar-refractivity contribution in [3.8, 4) is 0 Å². The Labute approximate surface area is 124 Å². The van der Waals surface area contributed by atoms with Gasteiger partial charge in [-0.3, -0.25) is 0 Å². The zero-order valence-electron chi connectivity index (χ0n) is 11.7. The minimum Gasteiger partial charge on any atom is -0.371 e. The third-order valence-electron chi connectivity index (χ3n) is 3.66. The molecule has 0 amide bonds. The van der Waals surface area contributed by atoms with E-state index in [-0.39, 0.29) is 6.10 Å². The smallest absolute Gasteiger partial charge is 0.122 e. The Hall–Kier alpha value is -1.23. The van der Waals surface area contributed by atoms with Crippen molar-refractivity contribution in [2.75, 3.05) is 6.61 Å². The summed E-state index contributed by atoms with van der Waals surface area (Å²) in [6.45, 7) is 3.87. The topological polar surface area (TPSA) is 34.1 Å². The predicted octanol–water partition coefficient (Wildman–Crippen LogP) is 3.85. The first-order chi connectivity index (χ1) is 9.83. The highest BCUT2D eigenvalue weighted by Crippen LogP contribution is 2.30. The van der Waals surface area contributed by atoms with Crippen molar-refractivity contribution < 1.29 is 4.74 Å². The molecule has 0 aliphatic carbocycles. The first kappa shape index (κ1) is 13.7. The fraction of sp³-hybridized carbons (Fsp3) is 0.438. The lowest BCUT2D eigenvalue weighted by Crippen LogP contribution is -2.18. The zero-order valence-corrected chi connectivity index (χ0v) is 12.5. The van der Waals surface area contributed by atoms with Crippen molar-refractivity contribution in [2.24, 2.45) is 0 Å². The van der Waals surface area contributed by atoms with Gasteiger partial charge in [-0.15, -0.1) is 11.3 Å². The number of benzene rings is 1. The van der Waals surface area contributed by atoms with Gasteiger partial charge in [0.2, 0.25) is 0 Å². The van der Waals surface area contributed by atoms with Crippen molar-refractivity contribution in [1.29, 1.82) is 0 Å². The van der Waals surface area contributed by atoms with Crippen LogP contribution in [0.2, 0.25) is 0 Å². The van der Waals surface area contributed by atoms with E-state index in [0.717, 1.165) is 36.7 Å². The number of hydrogen-bond donors (Lipinski definition) is 1. The van der Waals surface area contributed by atoms with Crippen LogP contribution in [-0.4, -0.2) is 11.6 Å². The lowest BCUT2D eigenvalue weighted by atomic mass is 10.1. The van der Waals surface area contributed by atoms with Crippen molar-refractivity contribution >= 4 is 11.3 Å². The van der Waals surface area contributed by atoms with Crippen molar-refractivity contribution in [2.45, 2.75) is 38.5 Å². The highest BCUT2D eigenvalue weighted by Gasteiger charge is 2.20. The Kier molecular flexibility index (Phi) is 4.45.